The van der Waals surface area contributed by atoms with Gasteiger partial charge in [-0.25, -0.2) is 4.98 Å². The molecular formula is C23H29N5O4. The van der Waals surface area contributed by atoms with Crippen LogP contribution in [0.2, 0.25) is 0 Å². The molecule has 3 rings (SSSR count). The summed E-state index contributed by atoms with van der Waals surface area (Å²) in [5.41, 5.74) is 15.2. The average molecular weight is 440 g/mol. The number of anilines is 2. The highest BCUT2D eigenvalue weighted by atomic mass is 16.5. The fourth-order valence-corrected chi connectivity index (χ4v) is 3.80. The number of fused-ring (bicyclic) bond motifs is 1. The van der Waals surface area contributed by atoms with Gasteiger partial charge in [-0.15, -0.1) is 0 Å². The number of rotatable bonds is 11. The number of methoxy groups -OCH3 is 2. The molecule has 2 aromatic heterocycles. The summed E-state index contributed by atoms with van der Waals surface area (Å²) < 4.78 is 11.2. The summed E-state index contributed by atoms with van der Waals surface area (Å²) in [6, 6.07) is 6.15. The molecule has 1 aromatic carbocycles. The van der Waals surface area contributed by atoms with Crippen LogP contribution in [0, 0.1) is 0 Å². The molecule has 0 saturated carbocycles. The fourth-order valence-electron chi connectivity index (χ4n) is 3.80. The third-order valence-electron chi connectivity index (χ3n) is 5.33. The lowest BCUT2D eigenvalue weighted by molar-refractivity contribution is -0.137. The molecule has 0 unspecified atom stereocenters. The van der Waals surface area contributed by atoms with Crippen LogP contribution in [-0.4, -0.2) is 40.2 Å². The second kappa shape index (κ2) is 10.6. The van der Waals surface area contributed by atoms with Gasteiger partial charge in [-0.3, -0.25) is 4.79 Å². The number of ether oxygens (including phenoxy) is 2. The molecule has 0 fully saturated rings. The first kappa shape index (κ1) is 23.1. The molecular weight excluding hydrogens is 410 g/mol. The number of nitrogens with two attached hydrogens (primary N) is 2. The Morgan fingerprint density at radius 2 is 1.81 bits per heavy atom. The smallest absolute Gasteiger partial charge is 0.303 e. The zero-order chi connectivity index (χ0) is 23.1. The van der Waals surface area contributed by atoms with E-state index in [-0.39, 0.29) is 18.2 Å². The third kappa shape index (κ3) is 5.54. The number of unbranched alkanes of at least 4 members (excludes halogenated alkanes) is 3. The Balaban J connectivity index is 1.79. The molecule has 0 aliphatic rings. The molecule has 3 aromatic rings. The van der Waals surface area contributed by atoms with Crippen molar-refractivity contribution in [2.45, 2.75) is 44.9 Å². The molecule has 9 nitrogen and oxygen atoms in total. The van der Waals surface area contributed by atoms with Crippen LogP contribution in [0.4, 0.5) is 11.8 Å². The molecule has 0 radical (unpaired) electrons. The molecule has 0 bridgehead atoms. The van der Waals surface area contributed by atoms with Crippen LogP contribution in [0.1, 0.15) is 48.8 Å². The Morgan fingerprint density at radius 3 is 2.53 bits per heavy atom. The van der Waals surface area contributed by atoms with E-state index in [9.17, 15) is 4.79 Å². The van der Waals surface area contributed by atoms with E-state index < -0.39 is 5.97 Å². The number of aryl methyl sites for hydroxylation is 1. The Labute approximate surface area is 186 Å². The standard InChI is InChI=1S/C23H29N5O4/c1-31-17-10-9-14(7-5-3-4-6-8-18(29)30)11-15(17)12-16-13-26-22-19(20(16)32-2)21(24)27-23(25)28-22/h9-11,13H,3-8,12H2,1-2H3,(H,29,30)(H4,24,25,26,27,28). The van der Waals surface area contributed by atoms with E-state index in [1.165, 1.54) is 5.56 Å². The summed E-state index contributed by atoms with van der Waals surface area (Å²) in [6.07, 6.45) is 7.03. The maximum atomic E-state index is 10.6. The molecule has 32 heavy (non-hydrogen) atoms. The molecule has 0 saturated heterocycles. The predicted octanol–water partition coefficient (Wildman–Crippen LogP) is 3.37. The lowest BCUT2D eigenvalue weighted by atomic mass is 9.98. The lowest BCUT2D eigenvalue weighted by Crippen LogP contribution is -2.05. The van der Waals surface area contributed by atoms with Crippen molar-refractivity contribution in [3.63, 3.8) is 0 Å². The Kier molecular flexibility index (Phi) is 7.64. The van der Waals surface area contributed by atoms with Crippen LogP contribution in [0.25, 0.3) is 11.0 Å². The first-order chi connectivity index (χ1) is 15.4. The maximum absolute atomic E-state index is 10.6. The van der Waals surface area contributed by atoms with Crippen molar-refractivity contribution >= 4 is 28.8 Å². The van der Waals surface area contributed by atoms with Gasteiger partial charge in [0, 0.05) is 24.6 Å². The maximum Gasteiger partial charge on any atom is 0.303 e. The third-order valence-corrected chi connectivity index (χ3v) is 5.33. The van der Waals surface area contributed by atoms with Gasteiger partial charge < -0.3 is 26.0 Å². The number of aromatic nitrogens is 3. The van der Waals surface area contributed by atoms with Crippen molar-refractivity contribution in [3.05, 3.63) is 41.1 Å². The zero-order valence-electron chi connectivity index (χ0n) is 18.4. The molecule has 0 amide bonds. The van der Waals surface area contributed by atoms with Gasteiger partial charge in [0.15, 0.2) is 5.65 Å². The van der Waals surface area contributed by atoms with Crippen LogP contribution >= 0.6 is 0 Å². The molecule has 5 N–H and O–H groups in total. The summed E-state index contributed by atoms with van der Waals surface area (Å²) >= 11 is 0. The highest BCUT2D eigenvalue weighted by molar-refractivity contribution is 5.93. The van der Waals surface area contributed by atoms with Gasteiger partial charge in [-0.1, -0.05) is 25.0 Å². The minimum Gasteiger partial charge on any atom is -0.496 e. The van der Waals surface area contributed by atoms with Gasteiger partial charge >= 0.3 is 5.97 Å². The van der Waals surface area contributed by atoms with Gasteiger partial charge in [0.2, 0.25) is 5.95 Å². The van der Waals surface area contributed by atoms with Gasteiger partial charge in [0.25, 0.3) is 0 Å². The Bertz CT molecular complexity index is 1100. The van der Waals surface area contributed by atoms with Crippen molar-refractivity contribution in [2.24, 2.45) is 0 Å². The Morgan fingerprint density at radius 1 is 1.03 bits per heavy atom. The Hall–Kier alpha value is -3.62. The lowest BCUT2D eigenvalue weighted by Gasteiger charge is -2.15. The summed E-state index contributed by atoms with van der Waals surface area (Å²) in [5.74, 6) is 0.898. The first-order valence-corrected chi connectivity index (χ1v) is 10.5. The summed E-state index contributed by atoms with van der Waals surface area (Å²) in [4.78, 5) is 23.2. The number of carbonyl (C=O) groups is 1. The van der Waals surface area contributed by atoms with E-state index in [1.54, 1.807) is 20.4 Å². The normalized spacial score (nSPS) is 10.9. The van der Waals surface area contributed by atoms with E-state index in [2.05, 4.69) is 27.1 Å². The van der Waals surface area contributed by atoms with E-state index in [0.29, 0.717) is 23.2 Å². The second-order valence-electron chi connectivity index (χ2n) is 7.61. The van der Waals surface area contributed by atoms with Crippen LogP contribution in [0.5, 0.6) is 11.5 Å². The van der Waals surface area contributed by atoms with Gasteiger partial charge in [0.05, 0.1) is 14.2 Å². The number of hydrogen-bond acceptors (Lipinski definition) is 8. The zero-order valence-corrected chi connectivity index (χ0v) is 18.4. The van der Waals surface area contributed by atoms with Gasteiger partial charge in [-0.2, -0.15) is 9.97 Å². The van der Waals surface area contributed by atoms with Crippen LogP contribution in [-0.2, 0) is 17.6 Å². The van der Waals surface area contributed by atoms with Crippen LogP contribution < -0.4 is 20.9 Å². The number of carboxylic acids is 1. The number of carboxylic acid groups (broad SMARTS) is 1. The summed E-state index contributed by atoms with van der Waals surface area (Å²) in [5, 5.41) is 9.27. The summed E-state index contributed by atoms with van der Waals surface area (Å²) in [7, 11) is 3.22. The first-order valence-electron chi connectivity index (χ1n) is 10.5. The molecule has 0 spiro atoms. The molecule has 0 aliphatic heterocycles. The van der Waals surface area contributed by atoms with Crippen LogP contribution in [0.3, 0.4) is 0 Å². The van der Waals surface area contributed by atoms with Crippen molar-refractivity contribution in [2.75, 3.05) is 25.7 Å². The van der Waals surface area contributed by atoms with Crippen molar-refractivity contribution in [3.8, 4) is 11.5 Å². The van der Waals surface area contributed by atoms with Gasteiger partial charge in [-0.05, 0) is 36.5 Å². The molecule has 0 atom stereocenters. The number of nitrogen functional groups attached to an aromatic ring is 2. The number of aliphatic carboxylic acids is 1. The van der Waals surface area contributed by atoms with E-state index in [4.69, 9.17) is 26.0 Å². The van der Waals surface area contributed by atoms with Crippen molar-refractivity contribution < 1.29 is 19.4 Å². The average Bonchev–Trinajstić information content (AvgIpc) is 2.76. The second-order valence-corrected chi connectivity index (χ2v) is 7.61. The fraction of sp³-hybridized carbons (Fsp3) is 0.391. The summed E-state index contributed by atoms with van der Waals surface area (Å²) in [6.45, 7) is 0. The number of pyridine rings is 1. The van der Waals surface area contributed by atoms with E-state index in [1.807, 2.05) is 6.07 Å². The monoisotopic (exact) mass is 439 g/mol. The molecule has 170 valence electrons. The molecule has 0 aliphatic carbocycles. The minimum absolute atomic E-state index is 0.0645. The minimum atomic E-state index is -0.736. The van der Waals surface area contributed by atoms with Crippen molar-refractivity contribution in [1.82, 2.24) is 15.0 Å². The quantitative estimate of drug-likeness (QED) is 0.382. The number of hydrogen-bond donors (Lipinski definition) is 3. The van der Waals surface area contributed by atoms with Gasteiger partial charge in [0.1, 0.15) is 22.7 Å². The largest absolute Gasteiger partial charge is 0.496 e. The van der Waals surface area contributed by atoms with Crippen molar-refractivity contribution in [1.29, 1.82) is 0 Å². The van der Waals surface area contributed by atoms with E-state index in [0.717, 1.165) is 49.0 Å². The molecule has 2 heterocycles. The SMILES string of the molecule is COc1ccc(CCCCCCC(=O)O)cc1Cc1cnc2nc(N)nc(N)c2c1OC. The highest BCUT2D eigenvalue weighted by Gasteiger charge is 2.17. The highest BCUT2D eigenvalue weighted by Crippen LogP contribution is 2.34. The predicted molar refractivity (Wildman–Crippen MR) is 123 cm³/mol. The van der Waals surface area contributed by atoms with E-state index >= 15 is 0 Å². The van der Waals surface area contributed by atoms with Crippen LogP contribution in [0.15, 0.2) is 24.4 Å². The topological polar surface area (TPSA) is 146 Å². The molecule has 9 heteroatoms. The number of nitrogens with zero attached hydrogens (tertiary/aromatic N) is 3. The number of benzene rings is 1.